The zero-order chi connectivity index (χ0) is 9.94. The lowest BCUT2D eigenvalue weighted by molar-refractivity contribution is -0.123. The highest BCUT2D eigenvalue weighted by molar-refractivity contribution is 5.76. The standard InChI is InChI=1S/C9H20N2O/c1-6(2)7(8(10)12)5-9(3,4)11/h6-7H,5,11H2,1-4H3,(H2,10,12). The Balaban J connectivity index is 4.25. The lowest BCUT2D eigenvalue weighted by atomic mass is 9.84. The molecule has 3 heteroatoms. The van der Waals surface area contributed by atoms with Gasteiger partial charge in [-0.2, -0.15) is 0 Å². The van der Waals surface area contributed by atoms with Crippen molar-refractivity contribution >= 4 is 5.91 Å². The number of carbonyl (C=O) groups is 1. The van der Waals surface area contributed by atoms with E-state index in [-0.39, 0.29) is 23.3 Å². The molecular weight excluding hydrogens is 152 g/mol. The molecule has 4 N–H and O–H groups in total. The highest BCUT2D eigenvalue weighted by Crippen LogP contribution is 2.20. The van der Waals surface area contributed by atoms with E-state index in [0.29, 0.717) is 6.42 Å². The molecule has 1 amide bonds. The smallest absolute Gasteiger partial charge is 0.220 e. The van der Waals surface area contributed by atoms with Crippen LogP contribution < -0.4 is 11.5 Å². The van der Waals surface area contributed by atoms with Gasteiger partial charge in [0.25, 0.3) is 0 Å². The lowest BCUT2D eigenvalue weighted by Gasteiger charge is -2.26. The number of nitrogens with two attached hydrogens (primary N) is 2. The van der Waals surface area contributed by atoms with Crippen LogP contribution in [-0.2, 0) is 4.79 Å². The van der Waals surface area contributed by atoms with Gasteiger partial charge in [0.05, 0.1) is 0 Å². The van der Waals surface area contributed by atoms with Crippen LogP contribution in [0.5, 0.6) is 0 Å². The molecule has 1 atom stereocenters. The Hall–Kier alpha value is -0.570. The summed E-state index contributed by atoms with van der Waals surface area (Å²) < 4.78 is 0. The summed E-state index contributed by atoms with van der Waals surface area (Å²) in [6.45, 7) is 7.79. The third-order valence-electron chi connectivity index (χ3n) is 1.92. The maximum absolute atomic E-state index is 11.0. The Morgan fingerprint density at radius 2 is 1.83 bits per heavy atom. The molecule has 12 heavy (non-hydrogen) atoms. The van der Waals surface area contributed by atoms with E-state index in [2.05, 4.69) is 0 Å². The van der Waals surface area contributed by atoms with E-state index < -0.39 is 0 Å². The first-order valence-corrected chi connectivity index (χ1v) is 4.32. The van der Waals surface area contributed by atoms with Gasteiger partial charge in [0.1, 0.15) is 0 Å². The van der Waals surface area contributed by atoms with E-state index in [0.717, 1.165) is 0 Å². The Bertz CT molecular complexity index is 158. The summed E-state index contributed by atoms with van der Waals surface area (Å²) in [5.74, 6) is -0.0844. The molecule has 1 unspecified atom stereocenters. The second-order valence-corrected chi connectivity index (χ2v) is 4.45. The minimum absolute atomic E-state index is 0.106. The summed E-state index contributed by atoms with van der Waals surface area (Å²) in [4.78, 5) is 11.0. The molecule has 0 rings (SSSR count). The van der Waals surface area contributed by atoms with Gasteiger partial charge in [-0.15, -0.1) is 0 Å². The van der Waals surface area contributed by atoms with Crippen molar-refractivity contribution in [1.82, 2.24) is 0 Å². The molecule has 0 aromatic carbocycles. The molecule has 0 radical (unpaired) electrons. The number of carbonyl (C=O) groups excluding carboxylic acids is 1. The van der Waals surface area contributed by atoms with Crippen molar-refractivity contribution in [1.29, 1.82) is 0 Å². The van der Waals surface area contributed by atoms with Crippen LogP contribution in [0.2, 0.25) is 0 Å². The van der Waals surface area contributed by atoms with Crippen molar-refractivity contribution in [3.05, 3.63) is 0 Å². The third-order valence-corrected chi connectivity index (χ3v) is 1.92. The van der Waals surface area contributed by atoms with E-state index in [1.54, 1.807) is 0 Å². The van der Waals surface area contributed by atoms with Crippen LogP contribution >= 0.6 is 0 Å². The Morgan fingerprint density at radius 1 is 1.42 bits per heavy atom. The van der Waals surface area contributed by atoms with Crippen LogP contribution in [0, 0.1) is 11.8 Å². The monoisotopic (exact) mass is 172 g/mol. The molecule has 0 spiro atoms. The highest BCUT2D eigenvalue weighted by atomic mass is 16.1. The molecule has 0 aliphatic carbocycles. The van der Waals surface area contributed by atoms with E-state index in [1.807, 2.05) is 27.7 Å². The largest absolute Gasteiger partial charge is 0.369 e. The quantitative estimate of drug-likeness (QED) is 0.660. The summed E-state index contributed by atoms with van der Waals surface area (Å²) in [6, 6.07) is 0. The molecule has 0 aliphatic rings. The van der Waals surface area contributed by atoms with Crippen LogP contribution in [0.25, 0.3) is 0 Å². The van der Waals surface area contributed by atoms with E-state index in [1.165, 1.54) is 0 Å². The van der Waals surface area contributed by atoms with Gasteiger partial charge in [-0.25, -0.2) is 0 Å². The maximum Gasteiger partial charge on any atom is 0.220 e. The minimum atomic E-state index is -0.316. The first kappa shape index (κ1) is 11.4. The topological polar surface area (TPSA) is 69.1 Å². The van der Waals surface area contributed by atoms with Crippen molar-refractivity contribution in [3.63, 3.8) is 0 Å². The van der Waals surface area contributed by atoms with Gasteiger partial charge in [0, 0.05) is 11.5 Å². The lowest BCUT2D eigenvalue weighted by Crippen LogP contribution is -2.40. The molecule has 0 heterocycles. The average molecular weight is 172 g/mol. The molecule has 0 aliphatic heterocycles. The molecule has 0 saturated carbocycles. The van der Waals surface area contributed by atoms with Gasteiger partial charge in [-0.3, -0.25) is 4.79 Å². The molecular formula is C9H20N2O. The molecule has 3 nitrogen and oxygen atoms in total. The fraction of sp³-hybridized carbons (Fsp3) is 0.889. The zero-order valence-electron chi connectivity index (χ0n) is 8.42. The Kier molecular flexibility index (Phi) is 3.71. The Labute approximate surface area is 74.5 Å². The first-order chi connectivity index (χ1) is 5.24. The highest BCUT2D eigenvalue weighted by Gasteiger charge is 2.25. The molecule has 72 valence electrons. The summed E-state index contributed by atoms with van der Waals surface area (Å²) >= 11 is 0. The summed E-state index contributed by atoms with van der Waals surface area (Å²) in [6.07, 6.45) is 0.653. The SMILES string of the molecule is CC(C)C(CC(C)(C)N)C(N)=O. The van der Waals surface area contributed by atoms with Crippen LogP contribution in [0.15, 0.2) is 0 Å². The average Bonchev–Trinajstić information content (AvgIpc) is 1.79. The van der Waals surface area contributed by atoms with Gasteiger partial charge in [-0.05, 0) is 26.2 Å². The number of primary amides is 1. The van der Waals surface area contributed by atoms with Gasteiger partial charge in [0.2, 0.25) is 5.91 Å². The molecule has 0 aromatic rings. The molecule has 0 saturated heterocycles. The van der Waals surface area contributed by atoms with Crippen LogP contribution in [0.1, 0.15) is 34.1 Å². The zero-order valence-corrected chi connectivity index (χ0v) is 8.42. The van der Waals surface area contributed by atoms with E-state index >= 15 is 0 Å². The van der Waals surface area contributed by atoms with Gasteiger partial charge in [0.15, 0.2) is 0 Å². The number of rotatable bonds is 4. The van der Waals surface area contributed by atoms with Crippen LogP contribution in [0.4, 0.5) is 0 Å². The Morgan fingerprint density at radius 3 is 1.92 bits per heavy atom. The normalized spacial score (nSPS) is 14.8. The van der Waals surface area contributed by atoms with E-state index in [9.17, 15) is 4.79 Å². The fourth-order valence-corrected chi connectivity index (χ4v) is 1.23. The predicted octanol–water partition coefficient (Wildman–Crippen LogP) is 0.871. The molecule has 0 fully saturated rings. The second-order valence-electron chi connectivity index (χ2n) is 4.45. The fourth-order valence-electron chi connectivity index (χ4n) is 1.23. The number of hydrogen-bond donors (Lipinski definition) is 2. The summed E-state index contributed by atoms with van der Waals surface area (Å²) in [5.41, 5.74) is 10.7. The van der Waals surface area contributed by atoms with Crippen molar-refractivity contribution in [3.8, 4) is 0 Å². The van der Waals surface area contributed by atoms with Crippen molar-refractivity contribution in [2.24, 2.45) is 23.3 Å². The minimum Gasteiger partial charge on any atom is -0.369 e. The second kappa shape index (κ2) is 3.90. The number of hydrogen-bond acceptors (Lipinski definition) is 2. The third kappa shape index (κ3) is 4.34. The van der Waals surface area contributed by atoms with Crippen molar-refractivity contribution in [2.45, 2.75) is 39.7 Å². The number of amides is 1. The molecule has 0 bridgehead atoms. The van der Waals surface area contributed by atoms with E-state index in [4.69, 9.17) is 11.5 Å². The van der Waals surface area contributed by atoms with Crippen molar-refractivity contribution < 1.29 is 4.79 Å². The van der Waals surface area contributed by atoms with Gasteiger partial charge in [-0.1, -0.05) is 13.8 Å². The maximum atomic E-state index is 11.0. The predicted molar refractivity (Wildman–Crippen MR) is 50.4 cm³/mol. The van der Waals surface area contributed by atoms with Crippen molar-refractivity contribution in [2.75, 3.05) is 0 Å². The van der Waals surface area contributed by atoms with Crippen LogP contribution in [-0.4, -0.2) is 11.4 Å². The summed E-state index contributed by atoms with van der Waals surface area (Å²) in [7, 11) is 0. The molecule has 0 aromatic heterocycles. The van der Waals surface area contributed by atoms with Gasteiger partial charge >= 0.3 is 0 Å². The van der Waals surface area contributed by atoms with Gasteiger partial charge < -0.3 is 11.5 Å². The van der Waals surface area contributed by atoms with Crippen LogP contribution in [0.3, 0.4) is 0 Å². The first-order valence-electron chi connectivity index (χ1n) is 4.32. The summed E-state index contributed by atoms with van der Waals surface area (Å²) in [5, 5.41) is 0.